The number of alkyl halides is 2. The molecule has 2 saturated heterocycles. The zero-order chi connectivity index (χ0) is 74.9. The fraction of sp³-hybridized carbons (Fsp3) is 0.713. The molecule has 26 heteroatoms. The minimum atomic E-state index is -4.10. The number of benzene rings is 2. The SMILES string of the molecule is C.COc1ccc2nc3c(nc2c1)O[C@H]1CN(C(=O)[C@H](C(C)(C)C)CC(=O)O[C@@H]2[C@H]4CC[C@H](C4)[C@H]2CCCCC3)[C@H](C(=O)C[C@]2(C(=O)NS(=O)(=O)C3CC3)C[C@H]2C(F)F)[C@@H]1C.COc1ccc2nc3c(nc2c1)O[C@H]1CN(C(=O)[C@H](C(C)(C)C)CC(=O)O[C@@H]2[C@H]4CC[C@H](C4)[C@H]2CCCCC3)[C@H](C(=O)O)[C@@H]1C. The van der Waals surface area contributed by atoms with E-state index >= 15 is 4.79 Å². The number of amides is 3. The molecule has 2 aromatic carbocycles. The molecule has 14 rings (SSSR count). The van der Waals surface area contributed by atoms with Gasteiger partial charge in [0, 0.05) is 36.3 Å². The Bertz CT molecular complexity index is 4110. The Morgan fingerprint density at radius 1 is 0.613 bits per heavy atom. The fourth-order valence-corrected chi connectivity index (χ4v) is 20.6. The van der Waals surface area contributed by atoms with Crippen LogP contribution in [0.4, 0.5) is 8.78 Å². The summed E-state index contributed by atoms with van der Waals surface area (Å²) >= 11 is 0. The van der Waals surface area contributed by atoms with Gasteiger partial charge in [-0.3, -0.25) is 33.5 Å². The number of sulfonamides is 1. The van der Waals surface area contributed by atoms with Gasteiger partial charge in [-0.15, -0.1) is 0 Å². The van der Waals surface area contributed by atoms with Gasteiger partial charge in [-0.25, -0.2) is 41.9 Å². The maximum Gasteiger partial charge on any atom is 0.326 e. The number of carboxylic acids is 1. The number of carbonyl (C=O) groups is 7. The van der Waals surface area contributed by atoms with Crippen molar-refractivity contribution >= 4 is 73.5 Å². The standard InChI is InChI=1S/C44H58F2N4O9S.C35H47N3O7.CH4/c1-23-35-22-50(37(23)34(51)21-44(20-30(44)39(45)46)42(54)49-60(55,56)27-14-15-27)41(53)29(43(2,3)4)19-36(52)59-38-25-12-11-24(17-25)28(38)9-7-6-8-10-32-40(58-35)48-33-18-26(57-5)13-16-31(33)47-32;1-19-28-18-38(30(19)34(41)42)33(40)24(35(2,3)4)17-29(39)45-31-21-12-11-20(15-21)23(31)9-7-6-8-10-26-32(44-28)37-27-16-22(43-5)13-14-25(27)36-26;/h13,16,18,23-25,27-30,35,37-39H,6-12,14-15,17,19-22H2,1-5H3,(H,49,54);13-14,16,19-21,23-24,28,30-31H,6-12,15,17-18H2,1-5H3,(H,41,42);1H4/t23-,24-,25+,28-,29-,30+,35+,37+,38-,44-;19-,20-,21+,23-,24-,28+,30+,31-;/m11./s1. The van der Waals surface area contributed by atoms with Crippen molar-refractivity contribution in [1.29, 1.82) is 0 Å². The number of ketones is 1. The average Bonchev–Trinajstić information content (AvgIpc) is 1.56. The number of hydrogen-bond donors (Lipinski definition) is 2. The number of nitrogens with one attached hydrogen (secondary N) is 1. The first kappa shape index (κ1) is 78.2. The van der Waals surface area contributed by atoms with E-state index in [2.05, 4.69) is 0 Å². The fourth-order valence-electron chi connectivity index (χ4n) is 19.2. The van der Waals surface area contributed by atoms with E-state index in [1.54, 1.807) is 40.2 Å². The van der Waals surface area contributed by atoms with Crippen LogP contribution in [0.2, 0.25) is 0 Å². The number of aryl methyl sites for hydroxylation is 2. The van der Waals surface area contributed by atoms with Crippen molar-refractivity contribution in [3.8, 4) is 23.3 Å². The lowest BCUT2D eigenvalue weighted by molar-refractivity contribution is -0.162. The van der Waals surface area contributed by atoms with Gasteiger partial charge < -0.3 is 43.3 Å². The minimum Gasteiger partial charge on any atom is -0.497 e. The number of rotatable bonds is 10. The number of carboxylic acid groups (broad SMARTS) is 1. The number of Topliss-reactive ketones (excluding diaryl/α,β-unsaturated/α-hetero) is 1. The lowest BCUT2D eigenvalue weighted by Gasteiger charge is -2.36. The average molecular weight is 1490 g/mol. The third kappa shape index (κ3) is 16.0. The zero-order valence-electron chi connectivity index (χ0n) is 62.3. The van der Waals surface area contributed by atoms with Crippen LogP contribution in [0, 0.1) is 81.3 Å². The number of esters is 2. The monoisotopic (exact) mass is 1490 g/mol. The van der Waals surface area contributed by atoms with Crippen LogP contribution in [0.15, 0.2) is 36.4 Å². The van der Waals surface area contributed by atoms with E-state index in [1.165, 1.54) is 16.2 Å². The molecule has 6 heterocycles. The summed E-state index contributed by atoms with van der Waals surface area (Å²) in [7, 11) is -0.948. The Balaban J connectivity index is 0.000000205. The highest BCUT2D eigenvalue weighted by atomic mass is 32.2. The predicted octanol–water partition coefficient (Wildman–Crippen LogP) is 12.3. The number of methoxy groups -OCH3 is 2. The Morgan fingerprint density at radius 2 is 1.06 bits per heavy atom. The van der Waals surface area contributed by atoms with Crippen molar-refractivity contribution < 1.29 is 84.3 Å². The molecular formula is C80H109F2N7O16S. The maximum absolute atomic E-state index is 15.0. The van der Waals surface area contributed by atoms with Crippen LogP contribution in [0.25, 0.3) is 22.1 Å². The second-order valence-electron chi connectivity index (χ2n) is 34.4. The molecule has 0 radical (unpaired) electrons. The minimum absolute atomic E-state index is 0. The molecule has 6 aliphatic carbocycles. The first-order valence-corrected chi connectivity index (χ1v) is 40.0. The molecule has 23 nitrogen and oxygen atoms in total. The van der Waals surface area contributed by atoms with Crippen molar-refractivity contribution in [3.05, 3.63) is 47.8 Å². The molecule has 0 unspecified atom stereocenters. The number of aromatic nitrogens is 4. The highest BCUT2D eigenvalue weighted by Crippen LogP contribution is 2.60. The second-order valence-corrected chi connectivity index (χ2v) is 36.3. The molecule has 6 saturated carbocycles. The van der Waals surface area contributed by atoms with Crippen molar-refractivity contribution in [1.82, 2.24) is 34.5 Å². The topological polar surface area (TPSA) is 299 Å². The van der Waals surface area contributed by atoms with Crippen LogP contribution in [-0.4, -0.2) is 160 Å². The van der Waals surface area contributed by atoms with Crippen molar-refractivity contribution in [3.63, 3.8) is 0 Å². The quantitative estimate of drug-likeness (QED) is 0.139. The number of ether oxygens (including phenoxy) is 6. The van der Waals surface area contributed by atoms with Crippen LogP contribution >= 0.6 is 0 Å². The molecule has 106 heavy (non-hydrogen) atoms. The van der Waals surface area contributed by atoms with E-state index in [1.807, 2.05) is 70.5 Å². The summed E-state index contributed by atoms with van der Waals surface area (Å²) in [6.07, 6.45) is 9.89. The summed E-state index contributed by atoms with van der Waals surface area (Å²) in [6.45, 7) is 14.8. The Morgan fingerprint density at radius 3 is 1.47 bits per heavy atom. The van der Waals surface area contributed by atoms with Crippen molar-refractivity contribution in [2.75, 3.05) is 27.3 Å². The maximum atomic E-state index is 15.0. The lowest BCUT2D eigenvalue weighted by atomic mass is 9.77. The third-order valence-corrected chi connectivity index (χ3v) is 27.4. The van der Waals surface area contributed by atoms with E-state index in [0.717, 1.165) is 94.7 Å². The molecule has 4 aromatic rings. The van der Waals surface area contributed by atoms with E-state index in [-0.39, 0.29) is 81.6 Å². The molecule has 3 amide bonds. The van der Waals surface area contributed by atoms with Gasteiger partial charge in [0.2, 0.25) is 45.9 Å². The van der Waals surface area contributed by atoms with Gasteiger partial charge in [0.05, 0.1) is 90.8 Å². The van der Waals surface area contributed by atoms with E-state index in [4.69, 9.17) is 48.4 Å². The summed E-state index contributed by atoms with van der Waals surface area (Å²) in [5.41, 5.74) is 0.559. The molecular weight excluding hydrogens is 1380 g/mol. The summed E-state index contributed by atoms with van der Waals surface area (Å²) in [5.74, 6) is -4.82. The van der Waals surface area contributed by atoms with Crippen molar-refractivity contribution in [2.45, 2.75) is 252 Å². The molecule has 10 aliphatic rings. The largest absolute Gasteiger partial charge is 0.497 e. The third-order valence-electron chi connectivity index (χ3n) is 25.5. The number of carbonyl (C=O) groups excluding carboxylic acids is 6. The number of halogens is 2. The van der Waals surface area contributed by atoms with Gasteiger partial charge in [-0.1, -0.05) is 88.5 Å². The molecule has 8 fully saturated rings. The van der Waals surface area contributed by atoms with E-state index in [9.17, 15) is 51.1 Å². The highest BCUT2D eigenvalue weighted by Gasteiger charge is 2.67. The molecule has 2 N–H and O–H groups in total. The van der Waals surface area contributed by atoms with Gasteiger partial charge in [0.1, 0.15) is 53.3 Å². The Hall–Kier alpha value is -7.38. The Labute approximate surface area is 621 Å². The van der Waals surface area contributed by atoms with Gasteiger partial charge in [0.15, 0.2) is 5.78 Å². The highest BCUT2D eigenvalue weighted by molar-refractivity contribution is 7.91. The molecule has 0 spiro atoms. The van der Waals surface area contributed by atoms with Crippen LogP contribution in [-0.2, 0) is 65.9 Å². The summed E-state index contributed by atoms with van der Waals surface area (Å²) in [5, 5.41) is 9.55. The zero-order valence-corrected chi connectivity index (χ0v) is 63.1. The summed E-state index contributed by atoms with van der Waals surface area (Å²) in [4.78, 5) is 120. The van der Waals surface area contributed by atoms with E-state index in [0.29, 0.717) is 89.0 Å². The number of aliphatic carboxylic acids is 1. The predicted molar refractivity (Wildman–Crippen MR) is 389 cm³/mol. The molecule has 4 aliphatic heterocycles. The van der Waals surface area contributed by atoms with Crippen molar-refractivity contribution in [2.24, 2.45) is 81.3 Å². The number of nitrogens with zero attached hydrogens (tertiary/aromatic N) is 6. The first-order chi connectivity index (χ1) is 49.8. The smallest absolute Gasteiger partial charge is 0.326 e. The summed E-state index contributed by atoms with van der Waals surface area (Å²) < 4.78 is 93.0. The van der Waals surface area contributed by atoms with Gasteiger partial charge in [0.25, 0.3) is 0 Å². The van der Waals surface area contributed by atoms with Crippen LogP contribution < -0.4 is 23.7 Å². The van der Waals surface area contributed by atoms with Crippen LogP contribution in [0.5, 0.6) is 23.3 Å². The second kappa shape index (κ2) is 30.9. The number of fused-ring (bicyclic) bond motifs is 18. The number of hydrogen-bond acceptors (Lipinski definition) is 19. The van der Waals surface area contributed by atoms with Crippen LogP contribution in [0.1, 0.15) is 203 Å². The lowest BCUT2D eigenvalue weighted by Crippen LogP contribution is -2.50. The summed E-state index contributed by atoms with van der Waals surface area (Å²) in [6, 6.07) is 8.59. The molecule has 2 aromatic heterocycles. The van der Waals surface area contributed by atoms with Crippen LogP contribution in [0.3, 0.4) is 0 Å². The first-order valence-electron chi connectivity index (χ1n) is 38.5. The van der Waals surface area contributed by atoms with Gasteiger partial charge in [-0.2, -0.15) is 0 Å². The molecule has 8 bridgehead atoms. The Kier molecular flexibility index (Phi) is 22.8. The van der Waals surface area contributed by atoms with Gasteiger partial charge >= 0.3 is 17.9 Å². The van der Waals surface area contributed by atoms with Gasteiger partial charge in [-0.05, 0) is 167 Å². The normalized spacial score (nSPS) is 32.9. The molecule has 580 valence electrons. The molecule has 18 atom stereocenters. The van der Waals surface area contributed by atoms with E-state index < -0.39 is 128 Å².